The van der Waals surface area contributed by atoms with E-state index in [0.717, 1.165) is 22.7 Å². The number of nitrogens with zero attached hydrogens (tertiary/aromatic N) is 2. The molecule has 0 bridgehead atoms. The van der Waals surface area contributed by atoms with E-state index in [4.69, 9.17) is 4.74 Å². The van der Waals surface area contributed by atoms with Crippen molar-refractivity contribution in [1.29, 1.82) is 0 Å². The van der Waals surface area contributed by atoms with Gasteiger partial charge in [-0.2, -0.15) is 0 Å². The number of thiophene rings is 1. The van der Waals surface area contributed by atoms with Crippen LogP contribution in [0.15, 0.2) is 41.8 Å². The van der Waals surface area contributed by atoms with Gasteiger partial charge in [-0.3, -0.25) is 9.69 Å². The predicted molar refractivity (Wildman–Crippen MR) is 114 cm³/mol. The minimum atomic E-state index is -0.0284. The van der Waals surface area contributed by atoms with Crippen LogP contribution in [0.25, 0.3) is 0 Å². The van der Waals surface area contributed by atoms with E-state index in [-0.39, 0.29) is 24.0 Å². The Hall–Kier alpha value is -2.54. The van der Waals surface area contributed by atoms with Crippen LogP contribution in [0, 0.1) is 5.92 Å². The third-order valence-corrected chi connectivity index (χ3v) is 6.55. The lowest BCUT2D eigenvalue weighted by Crippen LogP contribution is -2.52. The molecular weight excluding hydrogens is 386 g/mol. The molecule has 6 nitrogen and oxygen atoms in total. The number of hydrogen-bond donors (Lipinski definition) is 1. The number of rotatable bonds is 4. The second-order valence-electron chi connectivity index (χ2n) is 7.57. The summed E-state index contributed by atoms with van der Waals surface area (Å²) < 4.78 is 5.99. The molecule has 1 fully saturated rings. The van der Waals surface area contributed by atoms with Crippen molar-refractivity contribution in [3.8, 4) is 5.75 Å². The zero-order valence-electron chi connectivity index (χ0n) is 16.7. The van der Waals surface area contributed by atoms with Crippen LogP contribution >= 0.6 is 11.3 Å². The Morgan fingerprint density at radius 2 is 1.97 bits per heavy atom. The molecule has 2 aliphatic rings. The first-order chi connectivity index (χ1) is 14.2. The summed E-state index contributed by atoms with van der Waals surface area (Å²) in [7, 11) is 0. The molecule has 0 saturated carbocycles. The summed E-state index contributed by atoms with van der Waals surface area (Å²) >= 11 is 1.64. The fourth-order valence-electron chi connectivity index (χ4n) is 3.93. The minimum absolute atomic E-state index is 0.00872. The van der Waals surface area contributed by atoms with Crippen molar-refractivity contribution in [2.45, 2.75) is 38.8 Å². The SMILES string of the molecule is CC[C@@H]1CN(C(=O)N2CCC(C(=O)NCc3cccs3)CC2)c2ccccc2O1. The zero-order valence-corrected chi connectivity index (χ0v) is 17.5. The van der Waals surface area contributed by atoms with Crippen LogP contribution in [0.5, 0.6) is 5.75 Å². The quantitative estimate of drug-likeness (QED) is 0.828. The zero-order chi connectivity index (χ0) is 20.2. The van der Waals surface area contributed by atoms with Crippen LogP contribution in [-0.2, 0) is 11.3 Å². The maximum Gasteiger partial charge on any atom is 0.324 e. The summed E-state index contributed by atoms with van der Waals surface area (Å²) in [4.78, 5) is 30.6. The van der Waals surface area contributed by atoms with Gasteiger partial charge in [0.2, 0.25) is 5.91 Å². The first-order valence-corrected chi connectivity index (χ1v) is 11.2. The molecule has 3 amide bonds. The van der Waals surface area contributed by atoms with Crippen LogP contribution < -0.4 is 15.0 Å². The number of amides is 3. The third-order valence-electron chi connectivity index (χ3n) is 5.68. The van der Waals surface area contributed by atoms with Gasteiger partial charge in [0.05, 0.1) is 18.8 Å². The van der Waals surface area contributed by atoms with E-state index < -0.39 is 0 Å². The Labute approximate surface area is 175 Å². The van der Waals surface area contributed by atoms with Crippen molar-refractivity contribution >= 4 is 29.0 Å². The van der Waals surface area contributed by atoms with E-state index in [0.29, 0.717) is 39.0 Å². The van der Waals surface area contributed by atoms with Gasteiger partial charge in [-0.05, 0) is 42.8 Å². The summed E-state index contributed by atoms with van der Waals surface area (Å²) in [6, 6.07) is 11.7. The number of ether oxygens (including phenoxy) is 1. The molecule has 4 rings (SSSR count). The second-order valence-corrected chi connectivity index (χ2v) is 8.60. The molecule has 1 aromatic carbocycles. The third kappa shape index (κ3) is 4.40. The molecule has 2 aliphatic heterocycles. The molecular formula is C22H27N3O3S. The molecule has 7 heteroatoms. The lowest BCUT2D eigenvalue weighted by molar-refractivity contribution is -0.126. The maximum absolute atomic E-state index is 13.2. The molecule has 3 heterocycles. The molecule has 0 aliphatic carbocycles. The van der Waals surface area contributed by atoms with Crippen molar-refractivity contribution in [1.82, 2.24) is 10.2 Å². The summed E-state index contributed by atoms with van der Waals surface area (Å²) in [6.07, 6.45) is 2.26. The molecule has 1 N–H and O–H groups in total. The molecule has 0 radical (unpaired) electrons. The number of fused-ring (bicyclic) bond motifs is 1. The average molecular weight is 414 g/mol. The van der Waals surface area contributed by atoms with E-state index in [1.807, 2.05) is 51.6 Å². The highest BCUT2D eigenvalue weighted by Gasteiger charge is 2.34. The number of carbonyl (C=O) groups excluding carboxylic acids is 2. The van der Waals surface area contributed by atoms with Gasteiger partial charge in [0.25, 0.3) is 0 Å². The smallest absolute Gasteiger partial charge is 0.324 e. The number of urea groups is 1. The van der Waals surface area contributed by atoms with E-state index in [9.17, 15) is 9.59 Å². The lowest BCUT2D eigenvalue weighted by Gasteiger charge is -2.39. The van der Waals surface area contributed by atoms with Crippen molar-refractivity contribution in [3.05, 3.63) is 46.7 Å². The maximum atomic E-state index is 13.2. The summed E-state index contributed by atoms with van der Waals surface area (Å²) in [5.41, 5.74) is 0.831. The molecule has 1 aromatic heterocycles. The Kier molecular flexibility index (Phi) is 6.04. The highest BCUT2D eigenvalue weighted by Crippen LogP contribution is 2.35. The summed E-state index contributed by atoms with van der Waals surface area (Å²) in [5.74, 6) is 0.828. The van der Waals surface area contributed by atoms with E-state index in [2.05, 4.69) is 12.2 Å². The number of benzene rings is 1. The van der Waals surface area contributed by atoms with Gasteiger partial charge in [-0.15, -0.1) is 11.3 Å². The van der Waals surface area contributed by atoms with Crippen molar-refractivity contribution in [3.63, 3.8) is 0 Å². The molecule has 29 heavy (non-hydrogen) atoms. The average Bonchev–Trinajstić information content (AvgIpc) is 3.30. The topological polar surface area (TPSA) is 61.9 Å². The molecule has 154 valence electrons. The molecule has 0 spiro atoms. The minimum Gasteiger partial charge on any atom is -0.486 e. The molecule has 1 saturated heterocycles. The van der Waals surface area contributed by atoms with Crippen LogP contribution in [0.4, 0.5) is 10.5 Å². The van der Waals surface area contributed by atoms with Crippen LogP contribution in [0.2, 0.25) is 0 Å². The summed E-state index contributed by atoms with van der Waals surface area (Å²) in [5, 5.41) is 5.04. The highest BCUT2D eigenvalue weighted by molar-refractivity contribution is 7.09. The Balaban J connectivity index is 1.35. The van der Waals surface area contributed by atoms with Gasteiger partial charge >= 0.3 is 6.03 Å². The normalized spacial score (nSPS) is 19.4. The Morgan fingerprint density at radius 3 is 2.69 bits per heavy atom. The number of hydrogen-bond acceptors (Lipinski definition) is 4. The van der Waals surface area contributed by atoms with E-state index >= 15 is 0 Å². The van der Waals surface area contributed by atoms with Crippen LogP contribution in [0.1, 0.15) is 31.1 Å². The number of carbonyl (C=O) groups is 2. The monoisotopic (exact) mass is 413 g/mol. The van der Waals surface area contributed by atoms with E-state index in [1.165, 1.54) is 0 Å². The fraction of sp³-hybridized carbons (Fsp3) is 0.455. The first kappa shape index (κ1) is 19.8. The second kappa shape index (κ2) is 8.86. The number of para-hydroxylation sites is 2. The molecule has 1 atom stereocenters. The van der Waals surface area contributed by atoms with Crippen molar-refractivity contribution < 1.29 is 14.3 Å². The number of likely N-dealkylation sites (tertiary alicyclic amines) is 1. The van der Waals surface area contributed by atoms with Gasteiger partial charge in [0, 0.05) is 23.9 Å². The van der Waals surface area contributed by atoms with Gasteiger partial charge in [-0.25, -0.2) is 4.79 Å². The van der Waals surface area contributed by atoms with Crippen molar-refractivity contribution in [2.24, 2.45) is 5.92 Å². The fourth-order valence-corrected chi connectivity index (χ4v) is 4.57. The van der Waals surface area contributed by atoms with Gasteiger partial charge in [-0.1, -0.05) is 25.1 Å². The van der Waals surface area contributed by atoms with Gasteiger partial charge in [0.1, 0.15) is 11.9 Å². The lowest BCUT2D eigenvalue weighted by atomic mass is 9.96. The first-order valence-electron chi connectivity index (χ1n) is 10.3. The largest absolute Gasteiger partial charge is 0.486 e. The highest BCUT2D eigenvalue weighted by atomic mass is 32.1. The molecule has 2 aromatic rings. The Bertz CT molecular complexity index is 847. The Morgan fingerprint density at radius 1 is 1.17 bits per heavy atom. The number of anilines is 1. The van der Waals surface area contributed by atoms with Crippen LogP contribution in [-0.4, -0.2) is 42.6 Å². The number of piperidine rings is 1. The van der Waals surface area contributed by atoms with E-state index in [1.54, 1.807) is 11.3 Å². The van der Waals surface area contributed by atoms with Gasteiger partial charge in [0.15, 0.2) is 0 Å². The van der Waals surface area contributed by atoms with Crippen LogP contribution in [0.3, 0.4) is 0 Å². The predicted octanol–water partition coefficient (Wildman–Crippen LogP) is 3.87. The number of nitrogens with one attached hydrogen (secondary N) is 1. The standard InChI is InChI=1S/C22H27N3O3S/c1-2-17-15-25(19-7-3-4-8-20(19)28-17)22(27)24-11-9-16(10-12-24)21(26)23-14-18-6-5-13-29-18/h3-8,13,16-17H,2,9-12,14-15H2,1H3,(H,23,26)/t17-/m1/s1. The molecule has 0 unspecified atom stereocenters. The summed E-state index contributed by atoms with van der Waals surface area (Å²) in [6.45, 7) is 4.42. The van der Waals surface area contributed by atoms with Gasteiger partial charge < -0.3 is 15.0 Å². The van der Waals surface area contributed by atoms with Crippen molar-refractivity contribution in [2.75, 3.05) is 24.5 Å².